The van der Waals surface area contributed by atoms with Crippen LogP contribution in [0, 0.1) is 17.1 Å². The molecule has 3 nitrogen and oxygen atoms in total. The number of carbonyl (C=O) groups excluding carboxylic acids is 1. The van der Waals surface area contributed by atoms with Crippen LogP contribution in [0.5, 0.6) is 0 Å². The number of halogens is 2. The molecule has 0 aromatic heterocycles. The van der Waals surface area contributed by atoms with E-state index in [1.807, 2.05) is 24.3 Å². The lowest BCUT2D eigenvalue weighted by Gasteiger charge is -2.09. The van der Waals surface area contributed by atoms with Crippen molar-refractivity contribution < 1.29 is 9.18 Å². The Hall–Kier alpha value is -3.42. The normalized spacial score (nSPS) is 11.0. The Morgan fingerprint density at radius 2 is 1.64 bits per heavy atom. The first-order valence-corrected chi connectivity index (χ1v) is 8.94. The van der Waals surface area contributed by atoms with E-state index in [4.69, 9.17) is 11.6 Å². The predicted molar refractivity (Wildman–Crippen MR) is 109 cm³/mol. The summed E-state index contributed by atoms with van der Waals surface area (Å²) in [5.41, 5.74) is 2.55. The third-order valence-electron chi connectivity index (χ3n) is 4.16. The topological polar surface area (TPSA) is 52.9 Å². The SMILES string of the molecule is N#C/C(=C\c1ccccc1Cc1ccccc1F)C(=O)Nc1ccc(Cl)cc1. The van der Waals surface area contributed by atoms with Gasteiger partial charge in [-0.1, -0.05) is 54.1 Å². The zero-order valence-electron chi connectivity index (χ0n) is 14.8. The third kappa shape index (κ3) is 4.85. The zero-order valence-corrected chi connectivity index (χ0v) is 15.6. The Labute approximate surface area is 167 Å². The number of amides is 1. The van der Waals surface area contributed by atoms with Crippen molar-refractivity contribution in [1.29, 1.82) is 5.26 Å². The molecule has 0 saturated heterocycles. The quantitative estimate of drug-likeness (QED) is 0.454. The van der Waals surface area contributed by atoms with Crippen LogP contribution in [0.3, 0.4) is 0 Å². The molecule has 0 saturated carbocycles. The van der Waals surface area contributed by atoms with Gasteiger partial charge in [0.1, 0.15) is 17.5 Å². The Kier molecular flexibility index (Phi) is 6.21. The zero-order chi connectivity index (χ0) is 19.9. The fourth-order valence-corrected chi connectivity index (χ4v) is 2.84. The van der Waals surface area contributed by atoms with Crippen molar-refractivity contribution in [2.75, 3.05) is 5.32 Å². The van der Waals surface area contributed by atoms with Gasteiger partial charge in [-0.15, -0.1) is 0 Å². The van der Waals surface area contributed by atoms with Gasteiger partial charge < -0.3 is 5.32 Å². The van der Waals surface area contributed by atoms with Crippen molar-refractivity contribution in [2.24, 2.45) is 0 Å². The lowest BCUT2D eigenvalue weighted by molar-refractivity contribution is -0.112. The molecule has 0 heterocycles. The molecule has 0 radical (unpaired) electrons. The Bertz CT molecular complexity index is 1070. The van der Waals surface area contributed by atoms with E-state index in [0.29, 0.717) is 28.3 Å². The van der Waals surface area contributed by atoms with Gasteiger partial charge in [0.05, 0.1) is 0 Å². The molecule has 5 heteroatoms. The molecule has 3 aromatic carbocycles. The minimum absolute atomic E-state index is 0.0454. The number of anilines is 1. The van der Waals surface area contributed by atoms with Crippen LogP contribution in [0.25, 0.3) is 6.08 Å². The van der Waals surface area contributed by atoms with E-state index in [2.05, 4.69) is 5.32 Å². The molecule has 0 fully saturated rings. The van der Waals surface area contributed by atoms with Gasteiger partial charge in [-0.2, -0.15) is 5.26 Å². The first kappa shape index (κ1) is 19.3. The minimum Gasteiger partial charge on any atom is -0.321 e. The number of nitrogens with zero attached hydrogens (tertiary/aromatic N) is 1. The molecule has 0 aliphatic rings. The number of nitrogens with one attached hydrogen (secondary N) is 1. The van der Waals surface area contributed by atoms with E-state index in [-0.39, 0.29) is 11.4 Å². The monoisotopic (exact) mass is 390 g/mol. The maximum absolute atomic E-state index is 14.0. The molecule has 0 aliphatic heterocycles. The smallest absolute Gasteiger partial charge is 0.266 e. The lowest BCUT2D eigenvalue weighted by Crippen LogP contribution is -2.13. The van der Waals surface area contributed by atoms with E-state index < -0.39 is 5.91 Å². The molecular formula is C23H16ClFN2O. The largest absolute Gasteiger partial charge is 0.321 e. The molecule has 0 spiro atoms. The van der Waals surface area contributed by atoms with Gasteiger partial charge in [0.15, 0.2) is 0 Å². The molecule has 3 aromatic rings. The third-order valence-corrected chi connectivity index (χ3v) is 4.41. The standard InChI is InChI=1S/C23H16ClFN2O/c24-20-9-11-21(12-10-20)27-23(28)19(15-26)14-17-6-2-1-5-16(17)13-18-7-3-4-8-22(18)25/h1-12,14H,13H2,(H,27,28)/b19-14+. The molecule has 0 bridgehead atoms. The number of nitriles is 1. The van der Waals surface area contributed by atoms with Gasteiger partial charge in [-0.3, -0.25) is 4.79 Å². The maximum atomic E-state index is 14.0. The van der Waals surface area contributed by atoms with Gasteiger partial charge in [0.2, 0.25) is 0 Å². The van der Waals surface area contributed by atoms with E-state index in [1.54, 1.807) is 48.5 Å². The van der Waals surface area contributed by atoms with E-state index in [1.165, 1.54) is 12.1 Å². The van der Waals surface area contributed by atoms with Crippen molar-refractivity contribution in [3.8, 4) is 6.07 Å². The molecule has 28 heavy (non-hydrogen) atoms. The molecule has 1 amide bonds. The van der Waals surface area contributed by atoms with Gasteiger partial charge >= 0.3 is 0 Å². The van der Waals surface area contributed by atoms with Crippen LogP contribution in [0.2, 0.25) is 5.02 Å². The molecular weight excluding hydrogens is 375 g/mol. The van der Waals surface area contributed by atoms with Crippen LogP contribution >= 0.6 is 11.6 Å². The summed E-state index contributed by atoms with van der Waals surface area (Å²) in [6.45, 7) is 0. The Balaban J connectivity index is 1.86. The lowest BCUT2D eigenvalue weighted by atomic mass is 9.98. The molecule has 0 aliphatic carbocycles. The fourth-order valence-electron chi connectivity index (χ4n) is 2.72. The van der Waals surface area contributed by atoms with E-state index >= 15 is 0 Å². The van der Waals surface area contributed by atoms with Gasteiger partial charge in [0.25, 0.3) is 5.91 Å². The van der Waals surface area contributed by atoms with Gasteiger partial charge in [-0.05, 0) is 53.1 Å². The molecule has 1 N–H and O–H groups in total. The highest BCUT2D eigenvalue weighted by Crippen LogP contribution is 2.20. The maximum Gasteiger partial charge on any atom is 0.266 e. The van der Waals surface area contributed by atoms with Crippen molar-refractivity contribution in [3.63, 3.8) is 0 Å². The number of hydrogen-bond donors (Lipinski definition) is 1. The van der Waals surface area contributed by atoms with Crippen molar-refractivity contribution >= 4 is 29.3 Å². The summed E-state index contributed by atoms with van der Waals surface area (Å²) in [7, 11) is 0. The van der Waals surface area contributed by atoms with E-state index in [0.717, 1.165) is 5.56 Å². The second kappa shape index (κ2) is 8.98. The van der Waals surface area contributed by atoms with Crippen molar-refractivity contribution in [2.45, 2.75) is 6.42 Å². The van der Waals surface area contributed by atoms with Gasteiger partial charge in [0, 0.05) is 17.1 Å². The van der Waals surface area contributed by atoms with Crippen LogP contribution in [0.1, 0.15) is 16.7 Å². The number of benzene rings is 3. The molecule has 0 unspecified atom stereocenters. The minimum atomic E-state index is -0.523. The molecule has 138 valence electrons. The van der Waals surface area contributed by atoms with Crippen LogP contribution in [-0.2, 0) is 11.2 Å². The number of hydrogen-bond acceptors (Lipinski definition) is 2. The summed E-state index contributed by atoms with van der Waals surface area (Å²) < 4.78 is 14.0. The Morgan fingerprint density at radius 3 is 2.32 bits per heavy atom. The molecule has 3 rings (SSSR count). The highest BCUT2D eigenvalue weighted by molar-refractivity contribution is 6.30. The van der Waals surface area contributed by atoms with Crippen LogP contribution in [0.15, 0.2) is 78.4 Å². The fraction of sp³-hybridized carbons (Fsp3) is 0.0435. The average Bonchev–Trinajstić information content (AvgIpc) is 2.70. The highest BCUT2D eigenvalue weighted by atomic mass is 35.5. The van der Waals surface area contributed by atoms with E-state index in [9.17, 15) is 14.4 Å². The van der Waals surface area contributed by atoms with Gasteiger partial charge in [-0.25, -0.2) is 4.39 Å². The first-order chi connectivity index (χ1) is 13.6. The second-order valence-electron chi connectivity index (χ2n) is 6.10. The summed E-state index contributed by atoms with van der Waals surface area (Å²) in [6.07, 6.45) is 1.87. The first-order valence-electron chi connectivity index (χ1n) is 8.57. The van der Waals surface area contributed by atoms with Crippen LogP contribution in [0.4, 0.5) is 10.1 Å². The van der Waals surface area contributed by atoms with Crippen LogP contribution in [-0.4, -0.2) is 5.91 Å². The summed E-state index contributed by atoms with van der Waals surface area (Å²) >= 11 is 5.84. The predicted octanol–water partition coefficient (Wildman–Crippen LogP) is 5.62. The number of carbonyl (C=O) groups is 1. The summed E-state index contributed by atoms with van der Waals surface area (Å²) in [5, 5.41) is 12.7. The Morgan fingerprint density at radius 1 is 1.00 bits per heavy atom. The van der Waals surface area contributed by atoms with Crippen molar-refractivity contribution in [1.82, 2.24) is 0 Å². The highest BCUT2D eigenvalue weighted by Gasteiger charge is 2.12. The second-order valence-corrected chi connectivity index (χ2v) is 6.53. The number of rotatable bonds is 5. The summed E-state index contributed by atoms with van der Waals surface area (Å²) in [6, 6.07) is 22.4. The average molecular weight is 391 g/mol. The van der Waals surface area contributed by atoms with Crippen molar-refractivity contribution in [3.05, 3.63) is 106 Å². The summed E-state index contributed by atoms with van der Waals surface area (Å²) in [4.78, 5) is 12.5. The van der Waals surface area contributed by atoms with Crippen LogP contribution < -0.4 is 5.32 Å². The molecule has 0 atom stereocenters. The summed E-state index contributed by atoms with van der Waals surface area (Å²) in [5.74, 6) is -0.812.